The molecule has 0 fully saturated rings. The van der Waals surface area contributed by atoms with E-state index in [1.54, 1.807) is 0 Å². The van der Waals surface area contributed by atoms with Gasteiger partial charge < -0.3 is 33.3 Å². The lowest BCUT2D eigenvalue weighted by Gasteiger charge is -2.26. The third-order valence-electron chi connectivity index (χ3n) is 15.6. The first-order valence-electron chi connectivity index (χ1n) is 37.0. The average Bonchev–Trinajstić information content (AvgIpc) is 3.46. The minimum absolute atomic E-state index is 0.132. The van der Waals surface area contributed by atoms with Gasteiger partial charge in [0.05, 0.1) is 40.3 Å². The highest BCUT2D eigenvalue weighted by molar-refractivity contribution is 5.70. The van der Waals surface area contributed by atoms with Gasteiger partial charge in [0.15, 0.2) is 12.4 Å². The molecule has 0 aliphatic rings. The summed E-state index contributed by atoms with van der Waals surface area (Å²) in [7, 11) is 5.91. The average molecular weight is 1260 g/mol. The number of rotatable bonds is 67. The minimum Gasteiger partial charge on any atom is -0.545 e. The molecule has 0 bridgehead atoms. The van der Waals surface area contributed by atoms with Crippen LogP contribution in [-0.4, -0.2) is 82.3 Å². The number of unbranched alkanes of at least 4 members (excludes halogenated alkanes) is 28. The number of quaternary nitrogens is 1. The maximum Gasteiger partial charge on any atom is 0.306 e. The summed E-state index contributed by atoms with van der Waals surface area (Å²) < 4.78 is 22.8. The first-order chi connectivity index (χ1) is 44.6. The van der Waals surface area contributed by atoms with Gasteiger partial charge in [0, 0.05) is 12.8 Å². The van der Waals surface area contributed by atoms with E-state index in [1.165, 1.54) is 161 Å². The van der Waals surface area contributed by atoms with E-state index in [1.807, 2.05) is 21.1 Å². The molecule has 0 aromatic rings. The Morgan fingerprint density at radius 3 is 0.956 bits per heavy atom. The minimum atomic E-state index is -1.64. The predicted octanol–water partition coefficient (Wildman–Crippen LogP) is 22.1. The summed E-state index contributed by atoms with van der Waals surface area (Å²) in [5, 5.41) is 11.8. The molecular formula is C82H137NO8. The van der Waals surface area contributed by atoms with Gasteiger partial charge in [-0.3, -0.25) is 9.59 Å². The molecule has 0 saturated heterocycles. The van der Waals surface area contributed by atoms with E-state index in [4.69, 9.17) is 18.9 Å². The van der Waals surface area contributed by atoms with Crippen LogP contribution < -0.4 is 5.11 Å². The van der Waals surface area contributed by atoms with Gasteiger partial charge in [-0.2, -0.15) is 0 Å². The SMILES string of the molecule is CC/C=C\C/C=C\C/C=C\C/C=C\C/C=C\C/C=C\C/C=C\C/C=C\C/C=C\C/C=C\CCCCC(=O)OC(COC(=O)CCCCCCCCCCCCCCCCCCCCCCC/C=C\C/C=C\CCCCCCC)COC(OCC[N+](C)(C)C)C(=O)[O-]. The van der Waals surface area contributed by atoms with E-state index in [-0.39, 0.29) is 38.6 Å². The number of carbonyl (C=O) groups is 3. The van der Waals surface area contributed by atoms with E-state index >= 15 is 0 Å². The molecule has 0 heterocycles. The molecule has 0 N–H and O–H groups in total. The van der Waals surface area contributed by atoms with Crippen molar-refractivity contribution in [2.45, 2.75) is 309 Å². The fourth-order valence-electron chi connectivity index (χ4n) is 9.95. The Kier molecular flexibility index (Phi) is 67.3. The lowest BCUT2D eigenvalue weighted by atomic mass is 10.0. The number of esters is 2. The van der Waals surface area contributed by atoms with Crippen LogP contribution in [0.15, 0.2) is 146 Å². The molecule has 9 nitrogen and oxygen atoms in total. The van der Waals surface area contributed by atoms with Gasteiger partial charge >= 0.3 is 11.9 Å². The smallest absolute Gasteiger partial charge is 0.306 e. The quantitative estimate of drug-likeness (QED) is 0.0195. The fraction of sp³-hybridized carbons (Fsp3) is 0.671. The Morgan fingerprint density at radius 2 is 0.626 bits per heavy atom. The van der Waals surface area contributed by atoms with Gasteiger partial charge in [0.25, 0.3) is 0 Å². The van der Waals surface area contributed by atoms with E-state index < -0.39 is 24.3 Å². The summed E-state index contributed by atoms with van der Waals surface area (Å²) in [5.74, 6) is -2.35. The second-order valence-corrected chi connectivity index (χ2v) is 25.5. The van der Waals surface area contributed by atoms with Crippen LogP contribution in [-0.2, 0) is 33.3 Å². The molecule has 2 unspecified atom stereocenters. The van der Waals surface area contributed by atoms with Crippen LogP contribution in [0.4, 0.5) is 0 Å². The number of hydrogen-bond acceptors (Lipinski definition) is 8. The van der Waals surface area contributed by atoms with Gasteiger partial charge in [-0.1, -0.05) is 307 Å². The van der Waals surface area contributed by atoms with E-state index in [2.05, 4.69) is 160 Å². The second-order valence-electron chi connectivity index (χ2n) is 25.5. The van der Waals surface area contributed by atoms with Gasteiger partial charge in [-0.15, -0.1) is 0 Å². The molecule has 0 aromatic carbocycles. The molecule has 0 aliphatic heterocycles. The number of ether oxygens (including phenoxy) is 4. The molecule has 0 spiro atoms. The van der Waals surface area contributed by atoms with Crippen molar-refractivity contribution in [3.8, 4) is 0 Å². The molecule has 0 aromatic heterocycles. The topological polar surface area (TPSA) is 111 Å². The third kappa shape index (κ3) is 72.5. The summed E-state index contributed by atoms with van der Waals surface area (Å²) in [6, 6.07) is 0. The normalized spacial score (nSPS) is 13.5. The van der Waals surface area contributed by atoms with Crippen molar-refractivity contribution >= 4 is 17.9 Å². The van der Waals surface area contributed by atoms with Crippen LogP contribution in [0.25, 0.3) is 0 Å². The van der Waals surface area contributed by atoms with Crippen LogP contribution in [0.1, 0.15) is 296 Å². The van der Waals surface area contributed by atoms with Crippen LogP contribution in [0, 0.1) is 0 Å². The summed E-state index contributed by atoms with van der Waals surface area (Å²) in [6.07, 6.45) is 101. The largest absolute Gasteiger partial charge is 0.545 e. The van der Waals surface area contributed by atoms with Crippen LogP contribution >= 0.6 is 0 Å². The zero-order chi connectivity index (χ0) is 66.1. The molecule has 9 heteroatoms. The van der Waals surface area contributed by atoms with Crippen molar-refractivity contribution in [2.24, 2.45) is 0 Å². The summed E-state index contributed by atoms with van der Waals surface area (Å²) in [6.45, 7) is 4.58. The van der Waals surface area contributed by atoms with E-state index in [9.17, 15) is 19.5 Å². The second kappa shape index (κ2) is 71.0. The first-order valence-corrected chi connectivity index (χ1v) is 37.0. The van der Waals surface area contributed by atoms with E-state index in [0.29, 0.717) is 17.4 Å². The predicted molar refractivity (Wildman–Crippen MR) is 389 cm³/mol. The van der Waals surface area contributed by atoms with E-state index in [0.717, 1.165) is 103 Å². The van der Waals surface area contributed by atoms with Gasteiger partial charge in [-0.05, 0) is 122 Å². The highest BCUT2D eigenvalue weighted by Gasteiger charge is 2.22. The number of likely N-dealkylation sites (N-methyl/N-ethyl adjacent to an activating group) is 1. The molecule has 0 saturated carbocycles. The number of hydrogen-bond donors (Lipinski definition) is 0. The lowest BCUT2D eigenvalue weighted by Crippen LogP contribution is -2.44. The molecule has 0 aliphatic carbocycles. The van der Waals surface area contributed by atoms with Crippen molar-refractivity contribution in [2.75, 3.05) is 47.5 Å². The Hall–Kier alpha value is -4.83. The molecule has 0 rings (SSSR count). The van der Waals surface area contributed by atoms with Crippen molar-refractivity contribution < 1.29 is 42.9 Å². The number of nitrogens with zero attached hydrogens (tertiary/aromatic N) is 1. The maximum absolute atomic E-state index is 12.9. The van der Waals surface area contributed by atoms with Crippen molar-refractivity contribution in [1.29, 1.82) is 0 Å². The monoisotopic (exact) mass is 1260 g/mol. The highest BCUT2D eigenvalue weighted by atomic mass is 16.7. The van der Waals surface area contributed by atoms with Crippen molar-refractivity contribution in [3.63, 3.8) is 0 Å². The molecule has 0 radical (unpaired) electrons. The highest BCUT2D eigenvalue weighted by Crippen LogP contribution is 2.17. The molecule has 0 amide bonds. The molecule has 2 atom stereocenters. The first kappa shape index (κ1) is 86.2. The zero-order valence-electron chi connectivity index (χ0n) is 59.2. The van der Waals surface area contributed by atoms with Crippen molar-refractivity contribution in [3.05, 3.63) is 146 Å². The Morgan fingerprint density at radius 1 is 0.341 bits per heavy atom. The summed E-state index contributed by atoms with van der Waals surface area (Å²) in [4.78, 5) is 37.5. The number of carboxylic acids is 1. The summed E-state index contributed by atoms with van der Waals surface area (Å²) >= 11 is 0. The van der Waals surface area contributed by atoms with Gasteiger partial charge in [-0.25, -0.2) is 0 Å². The van der Waals surface area contributed by atoms with Crippen LogP contribution in [0.3, 0.4) is 0 Å². The Balaban J connectivity index is 4.19. The van der Waals surface area contributed by atoms with Gasteiger partial charge in [0.2, 0.25) is 0 Å². The maximum atomic E-state index is 12.9. The summed E-state index contributed by atoms with van der Waals surface area (Å²) in [5.41, 5.74) is 0. The standard InChI is InChI=1S/C82H137NO8/c1-6-8-10-12-14-16-18-20-22-24-26-28-30-32-34-36-38-40-42-44-46-48-50-52-54-56-58-60-62-64-66-68-70-72-79(84)89-76-78(77-90-82(81(86)87)88-75-74-83(3,4)5)91-80(85)73-71-69-67-65-63-61-59-57-55-53-51-49-47-45-43-41-39-37-35-33-31-29-27-25-23-21-19-17-15-13-11-9-7-2/h9,11,15,17-18,20-21,23-24,26-27,29,33,35,39,41,45,47,51,53,57,59,63,65,78,82H,6-8,10,12-14,16,19,22,25,28,30-32,34,36-38,40,42-44,46,48-50,52,54-56,58,60-62,64,66-77H2,1-5H3/b11-9-,17-15-,20-18-,23-21-,26-24-,29-27-,35-33-,41-39-,47-45-,53-51-,59-57-,65-63-. The van der Waals surface area contributed by atoms with Gasteiger partial charge in [0.1, 0.15) is 13.2 Å². The molecular weight excluding hydrogens is 1130 g/mol. The lowest BCUT2D eigenvalue weighted by molar-refractivity contribution is -0.870. The number of aliphatic carboxylic acids is 1. The Bertz CT molecular complexity index is 2010. The molecule has 91 heavy (non-hydrogen) atoms. The zero-order valence-corrected chi connectivity index (χ0v) is 59.2. The number of allylic oxidation sites excluding steroid dienone is 24. The van der Waals surface area contributed by atoms with Crippen LogP contribution in [0.2, 0.25) is 0 Å². The molecule has 518 valence electrons. The number of carbonyl (C=O) groups excluding carboxylic acids is 3. The number of carboxylic acid groups (broad SMARTS) is 1. The third-order valence-corrected chi connectivity index (χ3v) is 15.6. The fourth-order valence-corrected chi connectivity index (χ4v) is 9.95. The van der Waals surface area contributed by atoms with Crippen molar-refractivity contribution in [1.82, 2.24) is 0 Å². The van der Waals surface area contributed by atoms with Crippen LogP contribution in [0.5, 0.6) is 0 Å². The Labute approximate surface area is 560 Å².